The third-order valence-electron chi connectivity index (χ3n) is 5.43. The van der Waals surface area contributed by atoms with E-state index in [9.17, 15) is 0 Å². The maximum absolute atomic E-state index is 15.4. The van der Waals surface area contributed by atoms with Gasteiger partial charge in [-0.1, -0.05) is 0 Å². The SMILES string of the molecule is CCCC/C(=C(/[Te]c1ccccc1)P(=O)(c1ccccc1)c1ccccc1)[Si](C)(C)C. The first-order valence-corrected chi connectivity index (χ1v) is 18.6. The molecule has 162 valence electrons. The molecule has 0 bridgehead atoms. The molecule has 1 nitrogen and oxygen atoms in total. The third-order valence-corrected chi connectivity index (χ3v) is 16.9. The van der Waals surface area contributed by atoms with Crippen molar-refractivity contribution in [3.05, 3.63) is 99.6 Å². The van der Waals surface area contributed by atoms with Gasteiger partial charge in [-0.05, 0) is 0 Å². The normalized spacial score (nSPS) is 13.0. The Balaban J connectivity index is 2.35. The summed E-state index contributed by atoms with van der Waals surface area (Å²) in [5, 5.41) is 3.49. The van der Waals surface area contributed by atoms with Crippen LogP contribution in [0.3, 0.4) is 0 Å². The van der Waals surface area contributed by atoms with Crippen LogP contribution >= 0.6 is 7.14 Å². The zero-order valence-electron chi connectivity index (χ0n) is 19.0. The number of allylic oxidation sites excluding steroid dienone is 1. The molecule has 0 fully saturated rings. The molecule has 0 saturated carbocycles. The van der Waals surface area contributed by atoms with Crippen molar-refractivity contribution >= 4 is 50.4 Å². The number of rotatable bonds is 9. The predicted octanol–water partition coefficient (Wildman–Crippen LogP) is 6.31. The van der Waals surface area contributed by atoms with E-state index in [2.05, 4.69) is 81.2 Å². The first kappa shape index (κ1) is 24.3. The van der Waals surface area contributed by atoms with Crippen LogP contribution in [0.4, 0.5) is 0 Å². The Morgan fingerprint density at radius 1 is 0.774 bits per heavy atom. The number of benzene rings is 3. The summed E-state index contributed by atoms with van der Waals surface area (Å²) in [4.78, 5) is 0. The van der Waals surface area contributed by atoms with Crippen molar-refractivity contribution < 1.29 is 4.57 Å². The van der Waals surface area contributed by atoms with E-state index in [1.807, 2.05) is 36.4 Å². The number of hydrogen-bond acceptors (Lipinski definition) is 1. The molecule has 0 aromatic heterocycles. The summed E-state index contributed by atoms with van der Waals surface area (Å²) in [5.41, 5.74) is 0. The first-order valence-electron chi connectivity index (χ1n) is 11.1. The Morgan fingerprint density at radius 3 is 1.65 bits per heavy atom. The molecule has 0 N–H and O–H groups in total. The Kier molecular flexibility index (Phi) is 8.60. The first-order chi connectivity index (χ1) is 14.9. The Bertz CT molecular complexity index is 997. The summed E-state index contributed by atoms with van der Waals surface area (Å²) >= 11 is -0.789. The van der Waals surface area contributed by atoms with Crippen molar-refractivity contribution in [3.8, 4) is 0 Å². The Hall–Kier alpha value is -1.36. The fourth-order valence-electron chi connectivity index (χ4n) is 3.73. The van der Waals surface area contributed by atoms with Crippen LogP contribution in [0.1, 0.15) is 26.2 Å². The zero-order valence-corrected chi connectivity index (χ0v) is 23.3. The molecule has 0 aliphatic carbocycles. The molecule has 31 heavy (non-hydrogen) atoms. The Labute approximate surface area is 199 Å². The van der Waals surface area contributed by atoms with E-state index in [1.54, 1.807) is 0 Å². The van der Waals surface area contributed by atoms with E-state index < -0.39 is 36.1 Å². The van der Waals surface area contributed by atoms with Crippen molar-refractivity contribution in [2.24, 2.45) is 0 Å². The van der Waals surface area contributed by atoms with Crippen LogP contribution in [0.5, 0.6) is 0 Å². The van der Waals surface area contributed by atoms with Gasteiger partial charge >= 0.3 is 200 Å². The van der Waals surface area contributed by atoms with Crippen LogP contribution in [-0.2, 0) is 4.57 Å². The second-order valence-corrected chi connectivity index (χ2v) is 20.7. The van der Waals surface area contributed by atoms with Gasteiger partial charge in [0.1, 0.15) is 0 Å². The molecule has 3 rings (SSSR count). The van der Waals surface area contributed by atoms with Gasteiger partial charge < -0.3 is 0 Å². The van der Waals surface area contributed by atoms with Crippen LogP contribution in [0.15, 0.2) is 99.6 Å². The van der Waals surface area contributed by atoms with Gasteiger partial charge in [0.15, 0.2) is 0 Å². The van der Waals surface area contributed by atoms with E-state index >= 15 is 4.57 Å². The van der Waals surface area contributed by atoms with Gasteiger partial charge in [0.25, 0.3) is 0 Å². The zero-order chi connectivity index (χ0) is 22.3. The number of hydrogen-bond donors (Lipinski definition) is 0. The van der Waals surface area contributed by atoms with Gasteiger partial charge in [-0.3, -0.25) is 0 Å². The van der Waals surface area contributed by atoms with E-state index in [0.29, 0.717) is 0 Å². The van der Waals surface area contributed by atoms with Crippen molar-refractivity contribution in [1.29, 1.82) is 0 Å². The van der Waals surface area contributed by atoms with E-state index in [1.165, 1.54) is 12.2 Å². The summed E-state index contributed by atoms with van der Waals surface area (Å²) in [6.45, 7) is 9.53. The van der Waals surface area contributed by atoms with E-state index in [4.69, 9.17) is 0 Å². The number of unbranched alkanes of at least 4 members (excludes halogenated alkanes) is 1. The summed E-state index contributed by atoms with van der Waals surface area (Å²) in [6.07, 6.45) is 3.39. The quantitative estimate of drug-likeness (QED) is 0.222. The monoisotopic (exact) mass is 562 g/mol. The van der Waals surface area contributed by atoms with Gasteiger partial charge in [0, 0.05) is 0 Å². The minimum absolute atomic E-state index is 0.789. The molecule has 0 aliphatic rings. The minimum atomic E-state index is -2.92. The van der Waals surface area contributed by atoms with Gasteiger partial charge in [0.05, 0.1) is 0 Å². The van der Waals surface area contributed by atoms with Crippen LogP contribution in [0, 0.1) is 0 Å². The molecule has 0 atom stereocenters. The fraction of sp³-hybridized carbons (Fsp3) is 0.259. The predicted molar refractivity (Wildman–Crippen MR) is 141 cm³/mol. The van der Waals surface area contributed by atoms with Crippen LogP contribution in [0.25, 0.3) is 0 Å². The average molecular weight is 560 g/mol. The third kappa shape index (κ3) is 5.91. The molecule has 0 radical (unpaired) electrons. The summed E-state index contributed by atoms with van der Waals surface area (Å²) in [5.74, 6) is 0. The molecule has 0 spiro atoms. The molecule has 3 aromatic carbocycles. The van der Waals surface area contributed by atoms with Crippen LogP contribution < -0.4 is 14.2 Å². The van der Waals surface area contributed by atoms with Crippen molar-refractivity contribution in [3.63, 3.8) is 0 Å². The maximum atomic E-state index is 15.4. The van der Waals surface area contributed by atoms with Crippen molar-refractivity contribution in [2.75, 3.05) is 0 Å². The van der Waals surface area contributed by atoms with Gasteiger partial charge in [-0.25, -0.2) is 0 Å². The standard InChI is InChI=1S/C27H33OPSiTe/c1-5-6-22-26(30(2,3)4)27(31-25-20-14-9-15-21-25)29(28,23-16-10-7-11-17-23)24-18-12-8-13-19-24/h7-21H,5-6,22H2,1-4H3/b27-26-. The molecule has 0 saturated heterocycles. The summed E-state index contributed by atoms with van der Waals surface area (Å²) in [6, 6.07) is 31.2. The average Bonchev–Trinajstić information content (AvgIpc) is 2.79. The van der Waals surface area contributed by atoms with Crippen LogP contribution in [0.2, 0.25) is 19.6 Å². The van der Waals surface area contributed by atoms with Gasteiger partial charge in [-0.15, -0.1) is 0 Å². The van der Waals surface area contributed by atoms with E-state index in [-0.39, 0.29) is 0 Å². The second-order valence-electron chi connectivity index (χ2n) is 8.83. The van der Waals surface area contributed by atoms with Gasteiger partial charge in [0.2, 0.25) is 0 Å². The van der Waals surface area contributed by atoms with E-state index in [0.717, 1.165) is 29.9 Å². The fourth-order valence-corrected chi connectivity index (χ4v) is 18.0. The van der Waals surface area contributed by atoms with Gasteiger partial charge in [-0.2, -0.15) is 0 Å². The molecular weight excluding hydrogens is 527 g/mol. The molecule has 0 unspecified atom stereocenters. The Morgan fingerprint density at radius 2 is 1.23 bits per heavy atom. The molecule has 0 amide bonds. The van der Waals surface area contributed by atoms with Crippen LogP contribution in [-0.4, -0.2) is 29.0 Å². The molecule has 4 heteroatoms. The summed E-state index contributed by atoms with van der Waals surface area (Å²) < 4.78 is 18.0. The summed E-state index contributed by atoms with van der Waals surface area (Å²) in [7, 11) is -4.60. The molecular formula is C27H33OPSiTe. The molecule has 3 aromatic rings. The van der Waals surface area contributed by atoms with Crippen molar-refractivity contribution in [2.45, 2.75) is 45.8 Å². The molecule has 0 heterocycles. The second kappa shape index (κ2) is 11.0. The topological polar surface area (TPSA) is 17.1 Å². The van der Waals surface area contributed by atoms with Crippen molar-refractivity contribution in [1.82, 2.24) is 0 Å². The molecule has 0 aliphatic heterocycles.